The van der Waals surface area contributed by atoms with Gasteiger partial charge in [-0.15, -0.1) is 0 Å². The molecule has 0 saturated carbocycles. The van der Waals surface area contributed by atoms with E-state index in [1.54, 1.807) is 25.3 Å². The number of aromatic amines is 1. The molecule has 0 saturated heterocycles. The smallest absolute Gasteiger partial charge is 0.287 e. The minimum atomic E-state index is -0.493. The summed E-state index contributed by atoms with van der Waals surface area (Å²) in [6, 6.07) is 18.3. The van der Waals surface area contributed by atoms with E-state index in [2.05, 4.69) is 21.0 Å². The average molecular weight is 362 g/mol. The first-order valence-corrected chi connectivity index (χ1v) is 8.19. The molecule has 0 unspecified atom stereocenters. The number of amides is 2. The summed E-state index contributed by atoms with van der Waals surface area (Å²) in [6.07, 6.45) is 2.94. The lowest BCUT2D eigenvalue weighted by Gasteiger charge is -2.03. The van der Waals surface area contributed by atoms with Crippen LogP contribution in [0.5, 0.6) is 5.75 Å². The van der Waals surface area contributed by atoms with Gasteiger partial charge in [0.1, 0.15) is 11.4 Å². The maximum atomic E-state index is 12.1. The number of methoxy groups -OCH3 is 1. The summed E-state index contributed by atoms with van der Waals surface area (Å²) in [5.41, 5.74) is 7.24. The Kier molecular flexibility index (Phi) is 5.64. The van der Waals surface area contributed by atoms with Crippen LogP contribution in [0.1, 0.15) is 16.1 Å². The number of nitrogens with zero attached hydrogens (tertiary/aromatic N) is 1. The Morgan fingerprint density at radius 1 is 1.04 bits per heavy atom. The molecule has 1 aromatic heterocycles. The van der Waals surface area contributed by atoms with Gasteiger partial charge in [0, 0.05) is 11.6 Å². The fourth-order valence-corrected chi connectivity index (χ4v) is 2.34. The molecule has 1 heterocycles. The molecule has 0 aliphatic carbocycles. The van der Waals surface area contributed by atoms with E-state index in [0.29, 0.717) is 11.4 Å². The van der Waals surface area contributed by atoms with Crippen molar-refractivity contribution in [2.75, 3.05) is 7.11 Å². The molecule has 0 atom stereocenters. The van der Waals surface area contributed by atoms with E-state index < -0.39 is 11.8 Å². The van der Waals surface area contributed by atoms with Crippen LogP contribution >= 0.6 is 0 Å². The molecule has 0 fully saturated rings. The van der Waals surface area contributed by atoms with Gasteiger partial charge < -0.3 is 4.74 Å². The van der Waals surface area contributed by atoms with Crippen molar-refractivity contribution < 1.29 is 14.3 Å². The van der Waals surface area contributed by atoms with Crippen molar-refractivity contribution >= 4 is 17.9 Å². The normalized spacial score (nSPS) is 10.6. The minimum absolute atomic E-state index is 0.242. The SMILES string of the molecule is COc1cccc(/C=C/C(=O)NNC(=O)c2cc(-c3ccccc3)n[nH]2)c1. The van der Waals surface area contributed by atoms with E-state index >= 15 is 0 Å². The number of ether oxygens (including phenoxy) is 1. The predicted molar refractivity (Wildman–Crippen MR) is 102 cm³/mol. The Labute approximate surface area is 156 Å². The molecule has 7 heteroatoms. The summed E-state index contributed by atoms with van der Waals surface area (Å²) in [5.74, 6) is -0.263. The second-order valence-corrected chi connectivity index (χ2v) is 5.59. The van der Waals surface area contributed by atoms with Crippen LogP contribution in [0.4, 0.5) is 0 Å². The van der Waals surface area contributed by atoms with Gasteiger partial charge in [-0.25, -0.2) is 0 Å². The van der Waals surface area contributed by atoms with Crippen molar-refractivity contribution in [2.45, 2.75) is 0 Å². The highest BCUT2D eigenvalue weighted by molar-refractivity contribution is 5.97. The number of hydrogen-bond donors (Lipinski definition) is 3. The highest BCUT2D eigenvalue weighted by atomic mass is 16.5. The van der Waals surface area contributed by atoms with Crippen molar-refractivity contribution in [1.82, 2.24) is 21.0 Å². The first kappa shape index (κ1) is 17.9. The standard InChI is InChI=1S/C20H18N4O3/c1-27-16-9-5-6-14(12-16)10-11-19(25)23-24-20(26)18-13-17(21-22-18)15-7-3-2-4-8-15/h2-13H,1H3,(H,21,22)(H,23,25)(H,24,26)/b11-10+. The van der Waals surface area contributed by atoms with Gasteiger partial charge in [-0.1, -0.05) is 42.5 Å². The van der Waals surface area contributed by atoms with Crippen molar-refractivity contribution in [2.24, 2.45) is 0 Å². The van der Waals surface area contributed by atoms with Crippen LogP contribution in [-0.4, -0.2) is 29.1 Å². The van der Waals surface area contributed by atoms with Crippen LogP contribution in [0.25, 0.3) is 17.3 Å². The van der Waals surface area contributed by atoms with Gasteiger partial charge in [0.05, 0.1) is 12.8 Å². The fraction of sp³-hybridized carbons (Fsp3) is 0.0500. The molecular formula is C20H18N4O3. The van der Waals surface area contributed by atoms with E-state index in [1.165, 1.54) is 6.08 Å². The predicted octanol–water partition coefficient (Wildman–Crippen LogP) is 2.56. The lowest BCUT2D eigenvalue weighted by atomic mass is 10.1. The summed E-state index contributed by atoms with van der Waals surface area (Å²) >= 11 is 0. The molecular weight excluding hydrogens is 344 g/mol. The number of carbonyl (C=O) groups excluding carboxylic acids is 2. The summed E-state index contributed by atoms with van der Waals surface area (Å²) in [7, 11) is 1.57. The monoisotopic (exact) mass is 362 g/mol. The molecule has 0 bridgehead atoms. The number of hydrogen-bond acceptors (Lipinski definition) is 4. The van der Waals surface area contributed by atoms with Gasteiger partial charge in [-0.2, -0.15) is 5.10 Å². The average Bonchev–Trinajstić information content (AvgIpc) is 3.21. The zero-order chi connectivity index (χ0) is 19.1. The lowest BCUT2D eigenvalue weighted by molar-refractivity contribution is -0.117. The van der Waals surface area contributed by atoms with Gasteiger partial charge in [0.15, 0.2) is 0 Å². The molecule has 3 N–H and O–H groups in total. The molecule has 2 aromatic carbocycles. The van der Waals surface area contributed by atoms with E-state index in [4.69, 9.17) is 4.74 Å². The molecule has 0 aliphatic heterocycles. The van der Waals surface area contributed by atoms with Crippen molar-refractivity contribution in [3.8, 4) is 17.0 Å². The Bertz CT molecular complexity index is 964. The van der Waals surface area contributed by atoms with Crippen molar-refractivity contribution in [3.63, 3.8) is 0 Å². The van der Waals surface area contributed by atoms with Gasteiger partial charge >= 0.3 is 0 Å². The lowest BCUT2D eigenvalue weighted by Crippen LogP contribution is -2.40. The Morgan fingerprint density at radius 3 is 2.63 bits per heavy atom. The van der Waals surface area contributed by atoms with E-state index in [9.17, 15) is 9.59 Å². The zero-order valence-electron chi connectivity index (χ0n) is 14.6. The highest BCUT2D eigenvalue weighted by Crippen LogP contribution is 2.16. The van der Waals surface area contributed by atoms with Gasteiger partial charge in [0.2, 0.25) is 0 Å². The first-order valence-electron chi connectivity index (χ1n) is 8.19. The van der Waals surface area contributed by atoms with Crippen LogP contribution in [0, 0.1) is 0 Å². The van der Waals surface area contributed by atoms with Crippen LogP contribution in [0.2, 0.25) is 0 Å². The topological polar surface area (TPSA) is 96.1 Å². The zero-order valence-corrected chi connectivity index (χ0v) is 14.6. The highest BCUT2D eigenvalue weighted by Gasteiger charge is 2.11. The van der Waals surface area contributed by atoms with Crippen molar-refractivity contribution in [1.29, 1.82) is 0 Å². The van der Waals surface area contributed by atoms with Crippen LogP contribution in [0.3, 0.4) is 0 Å². The summed E-state index contributed by atoms with van der Waals surface area (Å²) < 4.78 is 5.12. The Morgan fingerprint density at radius 2 is 1.85 bits per heavy atom. The van der Waals surface area contributed by atoms with Gasteiger partial charge in [-0.05, 0) is 29.8 Å². The number of H-pyrrole nitrogens is 1. The van der Waals surface area contributed by atoms with E-state index in [1.807, 2.05) is 48.5 Å². The summed E-state index contributed by atoms with van der Waals surface area (Å²) in [4.78, 5) is 24.0. The number of benzene rings is 2. The Balaban J connectivity index is 1.55. The number of carbonyl (C=O) groups is 2. The molecule has 27 heavy (non-hydrogen) atoms. The maximum Gasteiger partial charge on any atom is 0.287 e. The third-order valence-electron chi connectivity index (χ3n) is 3.71. The van der Waals surface area contributed by atoms with Gasteiger partial charge in [0.25, 0.3) is 11.8 Å². The van der Waals surface area contributed by atoms with Crippen molar-refractivity contribution in [3.05, 3.63) is 78.0 Å². The summed E-state index contributed by atoms with van der Waals surface area (Å²) in [6.45, 7) is 0. The Hall–Kier alpha value is -3.87. The van der Waals surface area contributed by atoms with Gasteiger partial charge in [-0.3, -0.25) is 25.5 Å². The summed E-state index contributed by atoms with van der Waals surface area (Å²) in [5, 5.41) is 6.76. The fourth-order valence-electron chi connectivity index (χ4n) is 2.34. The second kappa shape index (κ2) is 8.48. The number of hydrazine groups is 1. The molecule has 0 spiro atoms. The van der Waals surface area contributed by atoms with E-state index in [0.717, 1.165) is 11.1 Å². The first-order chi connectivity index (χ1) is 13.2. The number of nitrogens with one attached hydrogen (secondary N) is 3. The molecule has 2 amide bonds. The third-order valence-corrected chi connectivity index (χ3v) is 3.71. The maximum absolute atomic E-state index is 12.1. The molecule has 3 rings (SSSR count). The largest absolute Gasteiger partial charge is 0.497 e. The van der Waals surface area contributed by atoms with Crippen LogP contribution in [0.15, 0.2) is 66.7 Å². The van der Waals surface area contributed by atoms with Crippen LogP contribution in [-0.2, 0) is 4.79 Å². The molecule has 0 radical (unpaired) electrons. The quantitative estimate of drug-likeness (QED) is 0.480. The van der Waals surface area contributed by atoms with Crippen LogP contribution < -0.4 is 15.6 Å². The molecule has 7 nitrogen and oxygen atoms in total. The third kappa shape index (κ3) is 4.82. The molecule has 0 aliphatic rings. The van der Waals surface area contributed by atoms with E-state index in [-0.39, 0.29) is 5.69 Å². The number of rotatable bonds is 5. The second-order valence-electron chi connectivity index (χ2n) is 5.59. The molecule has 3 aromatic rings. The molecule has 136 valence electrons. The minimum Gasteiger partial charge on any atom is -0.497 e. The number of aromatic nitrogens is 2.